The summed E-state index contributed by atoms with van der Waals surface area (Å²) in [6.45, 7) is 1.88. The smallest absolute Gasteiger partial charge is 0.329 e. The van der Waals surface area contributed by atoms with E-state index in [4.69, 9.17) is 0 Å². The topological polar surface area (TPSA) is 95.0 Å². The van der Waals surface area contributed by atoms with Gasteiger partial charge in [0.25, 0.3) is 17.7 Å². The highest BCUT2D eigenvalue weighted by atomic mass is 16.4. The molecule has 0 aliphatic carbocycles. The number of imide groups is 1. The third kappa shape index (κ3) is 2.03. The van der Waals surface area contributed by atoms with E-state index in [1.54, 1.807) is 0 Å². The van der Waals surface area contributed by atoms with Crippen molar-refractivity contribution in [1.29, 1.82) is 0 Å². The van der Waals surface area contributed by atoms with Gasteiger partial charge in [0, 0.05) is 19.2 Å². The lowest BCUT2D eigenvalue weighted by molar-refractivity contribution is -0.147. The number of likely N-dealkylation sites (tertiary alicyclic amines) is 1. The zero-order valence-electron chi connectivity index (χ0n) is 12.8. The van der Waals surface area contributed by atoms with Crippen LogP contribution in [0.2, 0.25) is 0 Å². The number of benzene rings is 1. The molecule has 1 unspecified atom stereocenters. The number of amides is 3. The monoisotopic (exact) mass is 316 g/mol. The van der Waals surface area contributed by atoms with Crippen LogP contribution in [0.15, 0.2) is 18.2 Å². The molecule has 0 spiro atoms. The molecule has 1 atom stereocenters. The molecule has 2 aliphatic rings. The van der Waals surface area contributed by atoms with E-state index in [1.165, 1.54) is 37.1 Å². The van der Waals surface area contributed by atoms with Crippen molar-refractivity contribution in [1.82, 2.24) is 9.80 Å². The predicted octanol–water partition coefficient (Wildman–Crippen LogP) is 0.992. The third-order valence-corrected chi connectivity index (χ3v) is 4.68. The van der Waals surface area contributed by atoms with Gasteiger partial charge in [0.15, 0.2) is 0 Å². The van der Waals surface area contributed by atoms with E-state index in [2.05, 4.69) is 0 Å². The van der Waals surface area contributed by atoms with Crippen molar-refractivity contribution in [3.8, 4) is 0 Å². The second-order valence-electron chi connectivity index (χ2n) is 6.07. The first-order valence-corrected chi connectivity index (χ1v) is 7.29. The number of hydrogen-bond donors (Lipinski definition) is 1. The molecule has 0 saturated carbocycles. The fourth-order valence-electron chi connectivity index (χ4n) is 3.16. The number of carboxylic acids is 1. The molecule has 1 saturated heterocycles. The molecule has 3 amide bonds. The minimum atomic E-state index is -1.24. The largest absolute Gasteiger partial charge is 0.480 e. The van der Waals surface area contributed by atoms with Crippen LogP contribution in [0.4, 0.5) is 0 Å². The van der Waals surface area contributed by atoms with Crippen LogP contribution in [-0.4, -0.2) is 57.7 Å². The Kier molecular flexibility index (Phi) is 3.24. The SMILES string of the molecule is CN1C(=O)c2ccc(C(=O)N3CCCC3(C)C(=O)O)cc2C1=O. The summed E-state index contributed by atoms with van der Waals surface area (Å²) in [5.41, 5.74) is -0.585. The van der Waals surface area contributed by atoms with E-state index in [-0.39, 0.29) is 16.7 Å². The quantitative estimate of drug-likeness (QED) is 0.821. The van der Waals surface area contributed by atoms with Gasteiger partial charge < -0.3 is 10.0 Å². The maximum Gasteiger partial charge on any atom is 0.329 e. The van der Waals surface area contributed by atoms with Gasteiger partial charge in [0.05, 0.1) is 11.1 Å². The molecule has 0 aromatic heterocycles. The van der Waals surface area contributed by atoms with Crippen LogP contribution < -0.4 is 0 Å². The van der Waals surface area contributed by atoms with Gasteiger partial charge in [0.2, 0.25) is 0 Å². The number of aliphatic carboxylic acids is 1. The maximum absolute atomic E-state index is 12.7. The lowest BCUT2D eigenvalue weighted by atomic mass is 9.98. The highest BCUT2D eigenvalue weighted by Crippen LogP contribution is 2.31. The highest BCUT2D eigenvalue weighted by Gasteiger charge is 2.46. The van der Waals surface area contributed by atoms with Gasteiger partial charge in [-0.05, 0) is 38.0 Å². The van der Waals surface area contributed by atoms with Crippen LogP contribution in [0.5, 0.6) is 0 Å². The Morgan fingerprint density at radius 1 is 1.17 bits per heavy atom. The lowest BCUT2D eigenvalue weighted by Crippen LogP contribution is -2.50. The Morgan fingerprint density at radius 2 is 1.83 bits per heavy atom. The first kappa shape index (κ1) is 15.2. The number of carbonyl (C=O) groups is 4. The Labute approximate surface area is 132 Å². The van der Waals surface area contributed by atoms with Gasteiger partial charge in [-0.2, -0.15) is 0 Å². The first-order chi connectivity index (χ1) is 10.8. The molecule has 23 heavy (non-hydrogen) atoms. The van der Waals surface area contributed by atoms with Crippen LogP contribution in [0, 0.1) is 0 Å². The minimum Gasteiger partial charge on any atom is -0.480 e. The zero-order chi connectivity index (χ0) is 16.9. The summed E-state index contributed by atoms with van der Waals surface area (Å²) in [6, 6.07) is 4.29. The maximum atomic E-state index is 12.7. The van der Waals surface area contributed by atoms with E-state index in [0.717, 1.165) is 4.90 Å². The van der Waals surface area contributed by atoms with Crippen LogP contribution in [0.25, 0.3) is 0 Å². The molecule has 7 nitrogen and oxygen atoms in total. The van der Waals surface area contributed by atoms with Crippen LogP contribution in [-0.2, 0) is 4.79 Å². The van der Waals surface area contributed by atoms with Crippen LogP contribution in [0.3, 0.4) is 0 Å². The molecular formula is C16H16N2O5. The minimum absolute atomic E-state index is 0.180. The van der Waals surface area contributed by atoms with E-state index < -0.39 is 29.2 Å². The number of carboxylic acid groups (broad SMARTS) is 1. The normalized spacial score (nSPS) is 23.4. The molecule has 2 heterocycles. The summed E-state index contributed by atoms with van der Waals surface area (Å²) in [5, 5.41) is 9.41. The highest BCUT2D eigenvalue weighted by molar-refractivity contribution is 6.21. The van der Waals surface area contributed by atoms with Crippen molar-refractivity contribution < 1.29 is 24.3 Å². The second kappa shape index (κ2) is 4.91. The van der Waals surface area contributed by atoms with Gasteiger partial charge in [-0.1, -0.05) is 0 Å². The van der Waals surface area contributed by atoms with Crippen molar-refractivity contribution >= 4 is 23.7 Å². The van der Waals surface area contributed by atoms with E-state index in [1.807, 2.05) is 0 Å². The predicted molar refractivity (Wildman–Crippen MR) is 79.2 cm³/mol. The standard InChI is InChI=1S/C16H16N2O5/c1-16(15(22)23)6-3-7-18(16)12(19)9-4-5-10-11(8-9)14(21)17(2)13(10)20/h4-5,8H,3,6-7H2,1-2H3,(H,22,23). The summed E-state index contributed by atoms with van der Waals surface area (Å²) in [5.74, 6) is -2.34. The Hall–Kier alpha value is -2.70. The molecule has 7 heteroatoms. The summed E-state index contributed by atoms with van der Waals surface area (Å²) < 4.78 is 0. The van der Waals surface area contributed by atoms with Crippen molar-refractivity contribution in [2.75, 3.05) is 13.6 Å². The molecule has 1 N–H and O–H groups in total. The number of hydrogen-bond acceptors (Lipinski definition) is 4. The number of nitrogens with zero attached hydrogens (tertiary/aromatic N) is 2. The average Bonchev–Trinajstić information content (AvgIpc) is 3.02. The van der Waals surface area contributed by atoms with Crippen LogP contribution in [0.1, 0.15) is 50.8 Å². The lowest BCUT2D eigenvalue weighted by Gasteiger charge is -2.31. The van der Waals surface area contributed by atoms with E-state index >= 15 is 0 Å². The van der Waals surface area contributed by atoms with Crippen molar-refractivity contribution in [3.05, 3.63) is 34.9 Å². The summed E-state index contributed by atoms with van der Waals surface area (Å²) in [4.78, 5) is 50.4. The Bertz CT molecular complexity index is 757. The third-order valence-electron chi connectivity index (χ3n) is 4.68. The Balaban J connectivity index is 1.98. The molecule has 120 valence electrons. The number of carbonyl (C=O) groups excluding carboxylic acids is 3. The number of rotatable bonds is 2. The van der Waals surface area contributed by atoms with Gasteiger partial charge in [-0.25, -0.2) is 4.79 Å². The average molecular weight is 316 g/mol. The van der Waals surface area contributed by atoms with Gasteiger partial charge >= 0.3 is 5.97 Å². The second-order valence-corrected chi connectivity index (χ2v) is 6.07. The summed E-state index contributed by atoms with van der Waals surface area (Å²) in [7, 11) is 1.38. The molecule has 1 aromatic rings. The Morgan fingerprint density at radius 3 is 2.48 bits per heavy atom. The van der Waals surface area contributed by atoms with Crippen molar-refractivity contribution in [3.63, 3.8) is 0 Å². The van der Waals surface area contributed by atoms with Gasteiger partial charge in [-0.15, -0.1) is 0 Å². The molecular weight excluding hydrogens is 300 g/mol. The molecule has 1 aromatic carbocycles. The first-order valence-electron chi connectivity index (χ1n) is 7.29. The summed E-state index contributed by atoms with van der Waals surface area (Å²) in [6.07, 6.45) is 0.999. The molecule has 3 rings (SSSR count). The molecule has 2 aliphatic heterocycles. The van der Waals surface area contributed by atoms with Gasteiger partial charge in [-0.3, -0.25) is 19.3 Å². The van der Waals surface area contributed by atoms with E-state index in [0.29, 0.717) is 19.4 Å². The van der Waals surface area contributed by atoms with Gasteiger partial charge in [0.1, 0.15) is 5.54 Å². The number of fused-ring (bicyclic) bond motifs is 1. The molecule has 0 bridgehead atoms. The fraction of sp³-hybridized carbons (Fsp3) is 0.375. The van der Waals surface area contributed by atoms with Crippen molar-refractivity contribution in [2.24, 2.45) is 0 Å². The van der Waals surface area contributed by atoms with Crippen molar-refractivity contribution in [2.45, 2.75) is 25.3 Å². The van der Waals surface area contributed by atoms with Crippen LogP contribution >= 0.6 is 0 Å². The summed E-state index contributed by atoms with van der Waals surface area (Å²) >= 11 is 0. The zero-order valence-corrected chi connectivity index (χ0v) is 12.8. The fourth-order valence-corrected chi connectivity index (χ4v) is 3.16. The molecule has 1 fully saturated rings. The molecule has 0 radical (unpaired) electrons. The van der Waals surface area contributed by atoms with E-state index in [9.17, 15) is 24.3 Å².